The maximum Gasteiger partial charge on any atom is 0.260 e. The molecule has 0 aromatic heterocycles. The minimum absolute atomic E-state index is 0.0227. The number of carbonyl (C=O) groups is 1. The quantitative estimate of drug-likeness (QED) is 0.765. The summed E-state index contributed by atoms with van der Waals surface area (Å²) in [6, 6.07) is 6.02. The minimum atomic E-state index is 0.0227. The number of hydrogen-bond donors (Lipinski definition) is 0. The van der Waals surface area contributed by atoms with Gasteiger partial charge in [-0.05, 0) is 53.9 Å². The lowest BCUT2D eigenvalue weighted by molar-refractivity contribution is -0.132. The number of halogens is 1. The number of nitrogens with zero attached hydrogens (tertiary/aromatic N) is 1. The molecule has 1 aromatic carbocycles. The number of benzene rings is 1. The molecule has 0 radical (unpaired) electrons. The van der Waals surface area contributed by atoms with Gasteiger partial charge in [-0.2, -0.15) is 0 Å². The van der Waals surface area contributed by atoms with Crippen molar-refractivity contribution >= 4 is 21.8 Å². The summed E-state index contributed by atoms with van der Waals surface area (Å²) in [4.78, 5) is 13.6. The highest BCUT2D eigenvalue weighted by Crippen LogP contribution is 2.26. The Hall–Kier alpha value is -1.03. The van der Waals surface area contributed by atoms with E-state index in [1.807, 2.05) is 26.0 Å². The van der Waals surface area contributed by atoms with E-state index in [1.165, 1.54) is 5.56 Å². The fourth-order valence-electron chi connectivity index (χ4n) is 1.91. The first-order valence-corrected chi connectivity index (χ1v) is 7.60. The summed E-state index contributed by atoms with van der Waals surface area (Å²) in [7, 11) is 0. The van der Waals surface area contributed by atoms with Crippen LogP contribution in [0.25, 0.3) is 0 Å². The zero-order chi connectivity index (χ0) is 14.3. The van der Waals surface area contributed by atoms with Crippen molar-refractivity contribution in [2.75, 3.05) is 19.7 Å². The van der Waals surface area contributed by atoms with Crippen molar-refractivity contribution in [3.8, 4) is 5.75 Å². The van der Waals surface area contributed by atoms with E-state index in [-0.39, 0.29) is 12.5 Å². The van der Waals surface area contributed by atoms with Gasteiger partial charge in [-0.25, -0.2) is 0 Å². The van der Waals surface area contributed by atoms with E-state index in [0.717, 1.165) is 36.2 Å². The van der Waals surface area contributed by atoms with Crippen molar-refractivity contribution in [2.45, 2.75) is 33.6 Å². The van der Waals surface area contributed by atoms with Gasteiger partial charge in [0.05, 0.1) is 4.47 Å². The molecule has 1 amide bonds. The third kappa shape index (κ3) is 4.86. The number of hydrogen-bond acceptors (Lipinski definition) is 2. The zero-order valence-corrected chi connectivity index (χ0v) is 13.5. The molecule has 4 heteroatoms. The Bertz CT molecular complexity index is 417. The lowest BCUT2D eigenvalue weighted by atomic mass is 10.1. The monoisotopic (exact) mass is 327 g/mol. The van der Waals surface area contributed by atoms with Crippen LogP contribution >= 0.6 is 15.9 Å². The second kappa shape index (κ2) is 8.20. The van der Waals surface area contributed by atoms with Gasteiger partial charge in [0, 0.05) is 13.1 Å². The molecule has 0 aliphatic carbocycles. The van der Waals surface area contributed by atoms with Crippen molar-refractivity contribution in [2.24, 2.45) is 0 Å². The molecule has 0 spiro atoms. The second-order valence-corrected chi connectivity index (χ2v) is 5.22. The number of rotatable bonds is 7. The maximum atomic E-state index is 11.8. The van der Waals surface area contributed by atoms with Crippen molar-refractivity contribution in [3.63, 3.8) is 0 Å². The van der Waals surface area contributed by atoms with E-state index in [0.29, 0.717) is 0 Å². The van der Waals surface area contributed by atoms with Crippen LogP contribution < -0.4 is 4.74 Å². The van der Waals surface area contributed by atoms with Gasteiger partial charge in [-0.1, -0.05) is 19.4 Å². The van der Waals surface area contributed by atoms with Crippen molar-refractivity contribution in [1.29, 1.82) is 0 Å². The van der Waals surface area contributed by atoms with Crippen LogP contribution in [0.1, 0.15) is 32.8 Å². The number of amides is 1. The number of carbonyl (C=O) groups excluding carboxylic acids is 1. The molecule has 0 unspecified atom stereocenters. The van der Waals surface area contributed by atoms with Crippen LogP contribution in [0.5, 0.6) is 5.75 Å². The van der Waals surface area contributed by atoms with Crippen molar-refractivity contribution in [3.05, 3.63) is 28.2 Å². The lowest BCUT2D eigenvalue weighted by Crippen LogP contribution is -2.34. The fourth-order valence-corrected chi connectivity index (χ4v) is 2.45. The summed E-state index contributed by atoms with van der Waals surface area (Å²) < 4.78 is 6.49. The molecule has 0 bridgehead atoms. The average molecular weight is 328 g/mol. The molecule has 0 fully saturated rings. The van der Waals surface area contributed by atoms with Crippen LogP contribution in [-0.4, -0.2) is 30.5 Å². The highest BCUT2D eigenvalue weighted by Gasteiger charge is 2.11. The Kier molecular flexibility index (Phi) is 6.92. The lowest BCUT2D eigenvalue weighted by Gasteiger charge is -2.19. The molecule has 0 aliphatic rings. The number of aryl methyl sites for hydroxylation is 1. The van der Waals surface area contributed by atoms with Crippen LogP contribution in [-0.2, 0) is 11.2 Å². The summed E-state index contributed by atoms with van der Waals surface area (Å²) in [5, 5.41) is 0. The molecule has 0 N–H and O–H groups in total. The molecule has 0 aliphatic heterocycles. The van der Waals surface area contributed by atoms with E-state index >= 15 is 0 Å². The smallest absolute Gasteiger partial charge is 0.260 e. The molecular formula is C15H22BrNO2. The summed E-state index contributed by atoms with van der Waals surface area (Å²) >= 11 is 3.49. The van der Waals surface area contributed by atoms with Crippen LogP contribution in [0, 0.1) is 0 Å². The van der Waals surface area contributed by atoms with Gasteiger partial charge in [0.2, 0.25) is 0 Å². The fraction of sp³-hybridized carbons (Fsp3) is 0.533. The third-order valence-corrected chi connectivity index (χ3v) is 3.62. The first kappa shape index (κ1) is 16.0. The Morgan fingerprint density at radius 2 is 1.95 bits per heavy atom. The van der Waals surface area contributed by atoms with Crippen LogP contribution in [0.15, 0.2) is 22.7 Å². The predicted octanol–water partition coefficient (Wildman–Crippen LogP) is 3.65. The van der Waals surface area contributed by atoms with Crippen molar-refractivity contribution < 1.29 is 9.53 Å². The molecule has 1 rings (SSSR count). The Labute approximate surface area is 124 Å². The van der Waals surface area contributed by atoms with E-state index in [2.05, 4.69) is 28.9 Å². The van der Waals surface area contributed by atoms with E-state index in [4.69, 9.17) is 4.74 Å². The summed E-state index contributed by atoms with van der Waals surface area (Å²) in [5.74, 6) is 0.745. The molecule has 3 nitrogen and oxygen atoms in total. The van der Waals surface area contributed by atoms with Gasteiger partial charge in [-0.3, -0.25) is 4.79 Å². The molecule has 0 atom stereocenters. The molecule has 0 saturated carbocycles. The second-order valence-electron chi connectivity index (χ2n) is 4.37. The molecule has 106 valence electrons. The normalized spacial score (nSPS) is 10.3. The largest absolute Gasteiger partial charge is 0.483 e. The van der Waals surface area contributed by atoms with E-state index in [9.17, 15) is 4.79 Å². The van der Waals surface area contributed by atoms with E-state index in [1.54, 1.807) is 4.90 Å². The van der Waals surface area contributed by atoms with E-state index < -0.39 is 0 Å². The Balaban J connectivity index is 2.60. The van der Waals surface area contributed by atoms with Crippen LogP contribution in [0.2, 0.25) is 0 Å². The van der Waals surface area contributed by atoms with Gasteiger partial charge < -0.3 is 9.64 Å². The number of ether oxygens (including phenoxy) is 1. The zero-order valence-electron chi connectivity index (χ0n) is 11.9. The summed E-state index contributed by atoms with van der Waals surface area (Å²) in [5.41, 5.74) is 1.27. The number of likely N-dealkylation sites (N-methyl/N-ethyl adjacent to an activating group) is 1. The highest BCUT2D eigenvalue weighted by atomic mass is 79.9. The first-order chi connectivity index (χ1) is 9.12. The van der Waals surface area contributed by atoms with Gasteiger partial charge in [0.15, 0.2) is 6.61 Å². The minimum Gasteiger partial charge on any atom is -0.483 e. The summed E-state index contributed by atoms with van der Waals surface area (Å²) in [6.07, 6.45) is 2.17. The highest BCUT2D eigenvalue weighted by molar-refractivity contribution is 9.10. The Morgan fingerprint density at radius 1 is 1.26 bits per heavy atom. The molecule has 19 heavy (non-hydrogen) atoms. The SMILES string of the molecule is CCCc1ccc(OCC(=O)N(CC)CC)c(Br)c1. The van der Waals surface area contributed by atoms with Gasteiger partial charge in [0.25, 0.3) is 5.91 Å². The molecular weight excluding hydrogens is 306 g/mol. The topological polar surface area (TPSA) is 29.5 Å². The Morgan fingerprint density at radius 3 is 2.47 bits per heavy atom. The maximum absolute atomic E-state index is 11.8. The first-order valence-electron chi connectivity index (χ1n) is 6.81. The standard InChI is InChI=1S/C15H22BrNO2/c1-4-7-12-8-9-14(13(16)10-12)19-11-15(18)17(5-2)6-3/h8-10H,4-7,11H2,1-3H3. The van der Waals surface area contributed by atoms with Crippen LogP contribution in [0.4, 0.5) is 0 Å². The molecule has 1 aromatic rings. The molecule has 0 heterocycles. The van der Waals surface area contributed by atoms with Crippen molar-refractivity contribution in [1.82, 2.24) is 4.90 Å². The van der Waals surface area contributed by atoms with Gasteiger partial charge in [0.1, 0.15) is 5.75 Å². The molecule has 0 saturated heterocycles. The average Bonchev–Trinajstić information content (AvgIpc) is 2.39. The van der Waals surface area contributed by atoms with Crippen LogP contribution in [0.3, 0.4) is 0 Å². The van der Waals surface area contributed by atoms with Gasteiger partial charge >= 0.3 is 0 Å². The third-order valence-electron chi connectivity index (χ3n) is 3.00. The summed E-state index contributed by atoms with van der Waals surface area (Å²) in [6.45, 7) is 7.62. The van der Waals surface area contributed by atoms with Gasteiger partial charge in [-0.15, -0.1) is 0 Å². The predicted molar refractivity (Wildman–Crippen MR) is 81.6 cm³/mol.